The van der Waals surface area contributed by atoms with Crippen molar-refractivity contribution in [1.29, 1.82) is 0 Å². The topological polar surface area (TPSA) is 61.9 Å². The zero-order valence-corrected chi connectivity index (χ0v) is 15.7. The second-order valence-electron chi connectivity index (χ2n) is 7.45. The van der Waals surface area contributed by atoms with Gasteiger partial charge in [0.1, 0.15) is 6.10 Å². The van der Waals surface area contributed by atoms with Crippen LogP contribution < -0.4 is 5.32 Å². The number of nitrogens with one attached hydrogen (secondary N) is 1. The lowest BCUT2D eigenvalue weighted by Gasteiger charge is -2.17. The predicted molar refractivity (Wildman–Crippen MR) is 99.9 cm³/mol. The fourth-order valence-corrected chi connectivity index (χ4v) is 3.59. The van der Waals surface area contributed by atoms with Gasteiger partial charge >= 0.3 is 0 Å². The molecule has 0 aromatic heterocycles. The summed E-state index contributed by atoms with van der Waals surface area (Å²) in [5, 5.41) is 2.92. The van der Waals surface area contributed by atoms with Crippen molar-refractivity contribution in [3.8, 4) is 0 Å². The Morgan fingerprint density at radius 2 is 1.85 bits per heavy atom. The average molecular weight is 359 g/mol. The molecule has 0 saturated carbocycles. The van der Waals surface area contributed by atoms with Crippen molar-refractivity contribution in [1.82, 2.24) is 15.1 Å². The normalized spacial score (nSPS) is 23.2. The molecule has 2 atom stereocenters. The minimum Gasteiger partial charge on any atom is -0.363 e. The van der Waals surface area contributed by atoms with Crippen LogP contribution in [0.5, 0.6) is 0 Å². The number of benzene rings is 1. The molecule has 2 amide bonds. The van der Waals surface area contributed by atoms with Gasteiger partial charge in [-0.15, -0.1) is 0 Å². The Balaban J connectivity index is 1.44. The Labute approximate surface area is 155 Å². The molecule has 2 aliphatic rings. The second-order valence-corrected chi connectivity index (χ2v) is 7.45. The van der Waals surface area contributed by atoms with E-state index in [1.54, 1.807) is 19.0 Å². The first-order valence-electron chi connectivity index (χ1n) is 9.49. The quantitative estimate of drug-likeness (QED) is 0.839. The number of nitrogens with zero attached hydrogens (tertiary/aromatic N) is 2. The monoisotopic (exact) mass is 359 g/mol. The lowest BCUT2D eigenvalue weighted by molar-refractivity contribution is -0.140. The van der Waals surface area contributed by atoms with Crippen LogP contribution in [0.15, 0.2) is 24.3 Å². The van der Waals surface area contributed by atoms with Crippen LogP contribution in [0, 0.1) is 0 Å². The molecular weight excluding hydrogens is 330 g/mol. The third kappa shape index (κ3) is 4.83. The SMILES string of the molecule is CN(C)C(=O)[C@H]1CC[C@@H](CNC(=O)c2ccc(CN3CCCC3)cc2)O1. The summed E-state index contributed by atoms with van der Waals surface area (Å²) in [5.41, 5.74) is 1.90. The van der Waals surface area contributed by atoms with Crippen molar-refractivity contribution in [2.45, 2.75) is 44.4 Å². The molecule has 2 aliphatic heterocycles. The first-order valence-corrected chi connectivity index (χ1v) is 9.49. The fraction of sp³-hybridized carbons (Fsp3) is 0.600. The summed E-state index contributed by atoms with van der Waals surface area (Å²) in [6.07, 6.45) is 3.59. The molecule has 1 aromatic carbocycles. The smallest absolute Gasteiger partial charge is 0.251 e. The maximum Gasteiger partial charge on any atom is 0.251 e. The number of hydrogen-bond acceptors (Lipinski definition) is 4. The summed E-state index contributed by atoms with van der Waals surface area (Å²) < 4.78 is 5.75. The van der Waals surface area contributed by atoms with Crippen molar-refractivity contribution in [3.05, 3.63) is 35.4 Å². The van der Waals surface area contributed by atoms with Crippen molar-refractivity contribution in [3.63, 3.8) is 0 Å². The molecular formula is C20H29N3O3. The molecule has 3 rings (SSSR count). The van der Waals surface area contributed by atoms with Gasteiger partial charge in [0.05, 0.1) is 6.10 Å². The standard InChI is InChI=1S/C20H29N3O3/c1-22(2)20(25)18-10-9-17(26-18)13-21-19(24)16-7-5-15(6-8-16)14-23-11-3-4-12-23/h5-8,17-18H,3-4,9-14H2,1-2H3,(H,21,24)/t17-,18+/m0/s1. The van der Waals surface area contributed by atoms with Gasteiger partial charge in [0, 0.05) is 32.7 Å². The first kappa shape index (κ1) is 18.9. The number of likely N-dealkylation sites (N-methyl/N-ethyl adjacent to an activating group) is 1. The molecule has 1 aromatic rings. The Morgan fingerprint density at radius 3 is 2.50 bits per heavy atom. The number of ether oxygens (including phenoxy) is 1. The van der Waals surface area contributed by atoms with Crippen LogP contribution in [0.4, 0.5) is 0 Å². The lowest BCUT2D eigenvalue weighted by Crippen LogP contribution is -2.36. The number of hydrogen-bond donors (Lipinski definition) is 1. The van der Waals surface area contributed by atoms with Crippen LogP contribution >= 0.6 is 0 Å². The Hall–Kier alpha value is -1.92. The Morgan fingerprint density at radius 1 is 1.15 bits per heavy atom. The summed E-state index contributed by atoms with van der Waals surface area (Å²) in [6, 6.07) is 7.83. The maximum absolute atomic E-state index is 12.3. The number of rotatable bonds is 6. The van der Waals surface area contributed by atoms with Gasteiger partial charge < -0.3 is 15.0 Å². The van der Waals surface area contributed by atoms with Crippen LogP contribution in [0.1, 0.15) is 41.6 Å². The highest BCUT2D eigenvalue weighted by atomic mass is 16.5. The zero-order chi connectivity index (χ0) is 18.5. The molecule has 1 N–H and O–H groups in total. The molecule has 2 saturated heterocycles. The van der Waals surface area contributed by atoms with Crippen LogP contribution in [0.3, 0.4) is 0 Å². The Kier molecular flexibility index (Phi) is 6.27. The average Bonchev–Trinajstić information content (AvgIpc) is 3.31. The molecule has 6 heteroatoms. The molecule has 0 radical (unpaired) electrons. The largest absolute Gasteiger partial charge is 0.363 e. The van der Waals surface area contributed by atoms with Gasteiger partial charge in [-0.1, -0.05) is 12.1 Å². The zero-order valence-electron chi connectivity index (χ0n) is 15.7. The van der Waals surface area contributed by atoms with Crippen molar-refractivity contribution in [2.24, 2.45) is 0 Å². The number of carbonyl (C=O) groups is 2. The van der Waals surface area contributed by atoms with Gasteiger partial charge in [0.25, 0.3) is 11.8 Å². The molecule has 0 aliphatic carbocycles. The molecule has 0 unspecified atom stereocenters. The van der Waals surface area contributed by atoms with E-state index < -0.39 is 0 Å². The van der Waals surface area contributed by atoms with E-state index in [9.17, 15) is 9.59 Å². The van der Waals surface area contributed by atoms with E-state index in [1.165, 1.54) is 31.5 Å². The highest BCUT2D eigenvalue weighted by Gasteiger charge is 2.31. The van der Waals surface area contributed by atoms with E-state index in [-0.39, 0.29) is 24.0 Å². The molecule has 0 bridgehead atoms. The van der Waals surface area contributed by atoms with E-state index >= 15 is 0 Å². The van der Waals surface area contributed by atoms with E-state index in [0.717, 1.165) is 13.0 Å². The minimum atomic E-state index is -0.378. The number of amides is 2. The molecule has 0 spiro atoms. The molecule has 6 nitrogen and oxygen atoms in total. The first-order chi connectivity index (χ1) is 12.5. The predicted octanol–water partition coefficient (Wildman–Crippen LogP) is 1.65. The summed E-state index contributed by atoms with van der Waals surface area (Å²) >= 11 is 0. The van der Waals surface area contributed by atoms with Gasteiger partial charge in [-0.3, -0.25) is 14.5 Å². The van der Waals surface area contributed by atoms with Gasteiger partial charge in [-0.2, -0.15) is 0 Å². The van der Waals surface area contributed by atoms with Crippen LogP contribution in [0.25, 0.3) is 0 Å². The van der Waals surface area contributed by atoms with Crippen LogP contribution in [-0.2, 0) is 16.1 Å². The number of carbonyl (C=O) groups excluding carboxylic acids is 2. The van der Waals surface area contributed by atoms with Crippen LogP contribution in [0.2, 0.25) is 0 Å². The van der Waals surface area contributed by atoms with Crippen molar-refractivity contribution >= 4 is 11.8 Å². The van der Waals surface area contributed by atoms with Crippen molar-refractivity contribution in [2.75, 3.05) is 33.7 Å². The van der Waals surface area contributed by atoms with Gasteiger partial charge in [-0.05, 0) is 56.5 Å². The minimum absolute atomic E-state index is 0.00702. The highest BCUT2D eigenvalue weighted by molar-refractivity contribution is 5.94. The van der Waals surface area contributed by atoms with E-state index in [1.807, 2.05) is 24.3 Å². The fourth-order valence-electron chi connectivity index (χ4n) is 3.59. The molecule has 2 heterocycles. The number of likely N-dealkylation sites (tertiary alicyclic amines) is 1. The second kappa shape index (κ2) is 8.64. The highest BCUT2D eigenvalue weighted by Crippen LogP contribution is 2.20. The molecule has 142 valence electrons. The van der Waals surface area contributed by atoms with Crippen molar-refractivity contribution < 1.29 is 14.3 Å². The van der Waals surface area contributed by atoms with E-state index in [4.69, 9.17) is 4.74 Å². The van der Waals surface area contributed by atoms with Gasteiger partial charge in [0.15, 0.2) is 0 Å². The molecule has 2 fully saturated rings. The van der Waals surface area contributed by atoms with E-state index in [2.05, 4.69) is 10.2 Å². The summed E-state index contributed by atoms with van der Waals surface area (Å²) in [6.45, 7) is 3.73. The summed E-state index contributed by atoms with van der Waals surface area (Å²) in [4.78, 5) is 28.2. The Bertz CT molecular complexity index is 624. The third-order valence-electron chi connectivity index (χ3n) is 5.14. The maximum atomic E-state index is 12.3. The van der Waals surface area contributed by atoms with E-state index in [0.29, 0.717) is 18.5 Å². The van der Waals surface area contributed by atoms with Gasteiger partial charge in [0.2, 0.25) is 0 Å². The lowest BCUT2D eigenvalue weighted by atomic mass is 10.1. The van der Waals surface area contributed by atoms with Gasteiger partial charge in [-0.25, -0.2) is 0 Å². The summed E-state index contributed by atoms with van der Waals surface area (Å²) in [5.74, 6) is -0.101. The third-order valence-corrected chi connectivity index (χ3v) is 5.14. The summed E-state index contributed by atoms with van der Waals surface area (Å²) in [7, 11) is 3.46. The molecule has 26 heavy (non-hydrogen) atoms. The van der Waals surface area contributed by atoms with Crippen LogP contribution in [-0.4, -0.2) is 67.6 Å².